The Hall–Kier alpha value is -3.44. The maximum Gasteiger partial charge on any atom is 0.271 e. The number of fused-ring (bicyclic) bond motifs is 1. The number of aromatic nitrogens is 1. The van der Waals surface area contributed by atoms with Crippen LogP contribution in [0.5, 0.6) is 5.75 Å². The van der Waals surface area contributed by atoms with Crippen molar-refractivity contribution >= 4 is 51.6 Å². The summed E-state index contributed by atoms with van der Waals surface area (Å²) in [5.74, 6) is 0.955. The highest BCUT2D eigenvalue weighted by atomic mass is 127. The van der Waals surface area contributed by atoms with Gasteiger partial charge >= 0.3 is 0 Å². The number of anilines is 1. The predicted octanol–water partition coefficient (Wildman–Crippen LogP) is 4.08. The first-order valence-electron chi connectivity index (χ1n) is 10.7. The second-order valence-corrected chi connectivity index (χ2v) is 9.89. The number of rotatable bonds is 5. The molecule has 0 saturated heterocycles. The van der Waals surface area contributed by atoms with Gasteiger partial charge < -0.3 is 14.5 Å². The van der Waals surface area contributed by atoms with Crippen LogP contribution in [0.2, 0.25) is 0 Å². The van der Waals surface area contributed by atoms with Crippen LogP contribution < -0.4 is 24.9 Å². The molecule has 1 aliphatic rings. The largest absolute Gasteiger partial charge is 0.497 e. The normalized spacial score (nSPS) is 15.5. The molecule has 5 rings (SSSR count). The fraction of sp³-hybridized carbons (Fsp3) is 0.115. The number of methoxy groups -OCH3 is 1. The molecule has 0 fully saturated rings. The molecule has 0 saturated carbocycles. The van der Waals surface area contributed by atoms with Gasteiger partial charge in [-0.15, -0.1) is 0 Å². The summed E-state index contributed by atoms with van der Waals surface area (Å²) in [5.41, 5.74) is 2.17. The Morgan fingerprint density at radius 3 is 2.54 bits per heavy atom. The number of allylic oxidation sites excluding steroid dienone is 1. The van der Waals surface area contributed by atoms with Gasteiger partial charge in [-0.1, -0.05) is 41.7 Å². The number of nitrogens with zero attached hydrogens (tertiary/aromatic N) is 2. The Kier molecular flexibility index (Phi) is 6.44. The van der Waals surface area contributed by atoms with E-state index in [1.807, 2.05) is 66.7 Å². The molecule has 1 aliphatic heterocycles. The van der Waals surface area contributed by atoms with Crippen LogP contribution in [0.4, 0.5) is 5.69 Å². The molecular weight excluding hydrogens is 577 g/mol. The summed E-state index contributed by atoms with van der Waals surface area (Å²) in [5, 5.41) is 2.95. The van der Waals surface area contributed by atoms with Gasteiger partial charge in [-0.05, 0) is 71.5 Å². The minimum atomic E-state index is -0.653. The summed E-state index contributed by atoms with van der Waals surface area (Å²) in [4.78, 5) is 32.3. The maximum absolute atomic E-state index is 13.6. The zero-order chi connectivity index (χ0) is 24.5. The highest BCUT2D eigenvalue weighted by Gasteiger charge is 2.32. The van der Waals surface area contributed by atoms with Crippen LogP contribution in [0.15, 0.2) is 92.2 Å². The molecule has 9 heteroatoms. The summed E-state index contributed by atoms with van der Waals surface area (Å²) in [6.45, 7) is 1.79. The zero-order valence-corrected chi connectivity index (χ0v) is 21.8. The average molecular weight is 597 g/mol. The summed E-state index contributed by atoms with van der Waals surface area (Å²) in [6.07, 6.45) is 1.71. The Morgan fingerprint density at radius 2 is 1.89 bits per heavy atom. The fourth-order valence-electron chi connectivity index (χ4n) is 3.97. The Bertz CT molecular complexity index is 1620. The van der Waals surface area contributed by atoms with E-state index in [2.05, 4.69) is 32.9 Å². The molecular formula is C26H20IN3O4S. The summed E-state index contributed by atoms with van der Waals surface area (Å²) < 4.78 is 13.7. The van der Waals surface area contributed by atoms with E-state index >= 15 is 0 Å². The van der Waals surface area contributed by atoms with Crippen molar-refractivity contribution < 1.29 is 13.9 Å². The third kappa shape index (κ3) is 4.61. The van der Waals surface area contributed by atoms with Crippen molar-refractivity contribution in [3.05, 3.63) is 113 Å². The number of ether oxygens (including phenoxy) is 1. The van der Waals surface area contributed by atoms with Gasteiger partial charge in [-0.25, -0.2) is 4.99 Å². The van der Waals surface area contributed by atoms with Crippen LogP contribution >= 0.6 is 33.9 Å². The monoisotopic (exact) mass is 597 g/mol. The van der Waals surface area contributed by atoms with Crippen molar-refractivity contribution in [1.29, 1.82) is 0 Å². The molecule has 1 atom stereocenters. The van der Waals surface area contributed by atoms with E-state index in [4.69, 9.17) is 9.15 Å². The number of amides is 1. The lowest BCUT2D eigenvalue weighted by Crippen LogP contribution is -2.40. The van der Waals surface area contributed by atoms with E-state index in [9.17, 15) is 9.59 Å². The number of benzene rings is 2. The minimum Gasteiger partial charge on any atom is -0.497 e. The van der Waals surface area contributed by atoms with E-state index in [1.54, 1.807) is 24.7 Å². The highest BCUT2D eigenvalue weighted by molar-refractivity contribution is 14.1. The quantitative estimate of drug-likeness (QED) is 0.352. The second-order valence-electron chi connectivity index (χ2n) is 7.82. The lowest BCUT2D eigenvalue weighted by atomic mass is 9.95. The first-order chi connectivity index (χ1) is 16.9. The van der Waals surface area contributed by atoms with Gasteiger partial charge in [0.1, 0.15) is 11.5 Å². The first-order valence-corrected chi connectivity index (χ1v) is 12.6. The van der Waals surface area contributed by atoms with Crippen LogP contribution in [0.25, 0.3) is 6.08 Å². The van der Waals surface area contributed by atoms with Crippen molar-refractivity contribution in [2.45, 2.75) is 13.0 Å². The maximum atomic E-state index is 13.6. The van der Waals surface area contributed by atoms with Crippen LogP contribution in [-0.2, 0) is 4.79 Å². The van der Waals surface area contributed by atoms with Crippen molar-refractivity contribution in [2.75, 3.05) is 12.4 Å². The highest BCUT2D eigenvalue weighted by Crippen LogP contribution is 2.31. The fourth-order valence-corrected chi connectivity index (χ4v) is 5.43. The third-order valence-electron chi connectivity index (χ3n) is 5.60. The smallest absolute Gasteiger partial charge is 0.271 e. The molecule has 0 radical (unpaired) electrons. The summed E-state index contributed by atoms with van der Waals surface area (Å²) >= 11 is 3.35. The van der Waals surface area contributed by atoms with Crippen LogP contribution in [0, 0.1) is 3.77 Å². The zero-order valence-electron chi connectivity index (χ0n) is 18.8. The Labute approximate surface area is 218 Å². The third-order valence-corrected chi connectivity index (χ3v) is 7.16. The van der Waals surface area contributed by atoms with E-state index in [-0.39, 0.29) is 11.5 Å². The summed E-state index contributed by atoms with van der Waals surface area (Å²) in [6, 6.07) is 19.6. The molecule has 2 aromatic heterocycles. The molecule has 35 heavy (non-hydrogen) atoms. The number of carbonyl (C=O) groups is 1. The molecule has 2 aromatic carbocycles. The molecule has 1 N–H and O–H groups in total. The summed E-state index contributed by atoms with van der Waals surface area (Å²) in [7, 11) is 1.59. The van der Waals surface area contributed by atoms with Gasteiger partial charge in [-0.2, -0.15) is 0 Å². The number of thiazole rings is 1. The first kappa shape index (κ1) is 23.3. The lowest BCUT2D eigenvalue weighted by Gasteiger charge is -2.25. The van der Waals surface area contributed by atoms with Gasteiger partial charge in [0.2, 0.25) is 0 Å². The minimum absolute atomic E-state index is 0.238. The number of hydrogen-bond donors (Lipinski definition) is 1. The van der Waals surface area contributed by atoms with Gasteiger partial charge in [0.15, 0.2) is 8.57 Å². The molecule has 0 spiro atoms. The van der Waals surface area contributed by atoms with Crippen LogP contribution in [-0.4, -0.2) is 17.6 Å². The number of carbonyl (C=O) groups excluding carboxylic acids is 1. The molecule has 4 aromatic rings. The molecule has 0 aliphatic carbocycles. The van der Waals surface area contributed by atoms with Gasteiger partial charge in [0.05, 0.1) is 29.0 Å². The molecule has 0 unspecified atom stereocenters. The predicted molar refractivity (Wildman–Crippen MR) is 143 cm³/mol. The van der Waals surface area contributed by atoms with Gasteiger partial charge in [0, 0.05) is 11.8 Å². The topological polar surface area (TPSA) is 85.8 Å². The van der Waals surface area contributed by atoms with E-state index in [1.165, 1.54) is 11.3 Å². The molecule has 0 bridgehead atoms. The SMILES string of the molecule is COc1ccc([C@@H]2C(C(=O)Nc3ccccc3)=C(C)N=c3s/c(=C/c4ccc(I)o4)c(=O)n32)cc1. The standard InChI is InChI=1S/C26H20IN3O4S/c1-15-22(24(31)29-17-6-4-3-5-7-17)23(16-8-10-18(33-2)11-9-16)30-25(32)20(35-26(30)28-15)14-19-12-13-21(27)34-19/h3-14,23H,1-2H3,(H,29,31)/b20-14+/t23-/m1/s1. The number of hydrogen-bond acceptors (Lipinski definition) is 6. The lowest BCUT2D eigenvalue weighted by molar-refractivity contribution is -0.113. The Morgan fingerprint density at radius 1 is 1.14 bits per heavy atom. The van der Waals surface area contributed by atoms with Crippen molar-refractivity contribution in [1.82, 2.24) is 4.57 Å². The van der Waals surface area contributed by atoms with Crippen molar-refractivity contribution in [3.63, 3.8) is 0 Å². The van der Waals surface area contributed by atoms with Gasteiger partial charge in [0.25, 0.3) is 11.5 Å². The van der Waals surface area contributed by atoms with Crippen LogP contribution in [0.3, 0.4) is 0 Å². The number of nitrogens with one attached hydrogen (secondary N) is 1. The van der Waals surface area contributed by atoms with E-state index in [0.29, 0.717) is 37.8 Å². The van der Waals surface area contributed by atoms with Crippen molar-refractivity contribution in [2.24, 2.45) is 4.99 Å². The molecule has 176 valence electrons. The molecule has 7 nitrogen and oxygen atoms in total. The number of halogens is 1. The van der Waals surface area contributed by atoms with Crippen molar-refractivity contribution in [3.8, 4) is 5.75 Å². The number of para-hydroxylation sites is 1. The van der Waals surface area contributed by atoms with E-state index < -0.39 is 6.04 Å². The molecule has 1 amide bonds. The van der Waals surface area contributed by atoms with Crippen LogP contribution in [0.1, 0.15) is 24.3 Å². The Balaban J connectivity index is 1.67. The average Bonchev–Trinajstić information content (AvgIpc) is 3.41. The number of furan rings is 1. The van der Waals surface area contributed by atoms with E-state index in [0.717, 1.165) is 9.33 Å². The molecule has 3 heterocycles. The second kappa shape index (κ2) is 9.67. The van der Waals surface area contributed by atoms with Gasteiger partial charge in [-0.3, -0.25) is 14.2 Å².